The van der Waals surface area contributed by atoms with Crippen LogP contribution in [-0.4, -0.2) is 78.0 Å². The summed E-state index contributed by atoms with van der Waals surface area (Å²) in [5.74, 6) is -2.31. The van der Waals surface area contributed by atoms with Gasteiger partial charge in [-0.05, 0) is 51.1 Å². The van der Waals surface area contributed by atoms with E-state index in [1.807, 2.05) is 19.2 Å². The van der Waals surface area contributed by atoms with Crippen LogP contribution in [0.4, 0.5) is 5.69 Å². The average molecular weight is 578 g/mol. The number of anilines is 1. The summed E-state index contributed by atoms with van der Waals surface area (Å²) in [5, 5.41) is 6.90. The lowest BCUT2D eigenvalue weighted by atomic mass is 9.74. The summed E-state index contributed by atoms with van der Waals surface area (Å²) < 4.78 is 6.44. The molecule has 4 aliphatic rings. The van der Waals surface area contributed by atoms with Crippen LogP contribution in [0.3, 0.4) is 0 Å². The summed E-state index contributed by atoms with van der Waals surface area (Å²) >= 11 is 12.3. The molecule has 1 aromatic carbocycles. The molecule has 1 aliphatic carbocycles. The molecule has 5 atom stereocenters. The van der Waals surface area contributed by atoms with E-state index >= 15 is 0 Å². The predicted molar refractivity (Wildman–Crippen MR) is 152 cm³/mol. The Kier molecular flexibility index (Phi) is 8.57. The molecule has 8 nitrogen and oxygen atoms in total. The highest BCUT2D eigenvalue weighted by molar-refractivity contribution is 6.35. The van der Waals surface area contributed by atoms with Crippen molar-refractivity contribution in [1.82, 2.24) is 15.1 Å². The molecule has 10 heteroatoms. The quantitative estimate of drug-likeness (QED) is 0.406. The minimum Gasteiger partial charge on any atom is -0.359 e. The van der Waals surface area contributed by atoms with Crippen LogP contribution in [0.15, 0.2) is 30.4 Å². The summed E-state index contributed by atoms with van der Waals surface area (Å²) in [6, 6.07) is 4.08. The lowest BCUT2D eigenvalue weighted by molar-refractivity contribution is -0.141. The summed E-state index contributed by atoms with van der Waals surface area (Å²) in [6.45, 7) is 4.08. The Morgan fingerprint density at radius 2 is 1.82 bits per heavy atom. The van der Waals surface area contributed by atoms with Gasteiger partial charge in [0.1, 0.15) is 11.6 Å². The van der Waals surface area contributed by atoms with Crippen LogP contribution in [0.5, 0.6) is 0 Å². The van der Waals surface area contributed by atoms with Crippen molar-refractivity contribution in [3.05, 3.63) is 40.4 Å². The number of carbonyl (C=O) groups excluding carboxylic acids is 3. The maximum absolute atomic E-state index is 14.1. The van der Waals surface area contributed by atoms with Crippen molar-refractivity contribution in [3.8, 4) is 0 Å². The van der Waals surface area contributed by atoms with Gasteiger partial charge >= 0.3 is 0 Å². The highest BCUT2D eigenvalue weighted by Gasteiger charge is 2.72. The summed E-state index contributed by atoms with van der Waals surface area (Å²) in [4.78, 5) is 45.4. The van der Waals surface area contributed by atoms with Crippen molar-refractivity contribution in [2.24, 2.45) is 11.8 Å². The third kappa shape index (κ3) is 5.58. The number of ether oxygens (including phenoxy) is 1. The van der Waals surface area contributed by atoms with Gasteiger partial charge in [-0.3, -0.25) is 14.4 Å². The number of nitrogens with zero attached hydrogens (tertiary/aromatic N) is 2. The molecule has 3 aliphatic heterocycles. The Labute approximate surface area is 240 Å². The molecule has 2 bridgehead atoms. The van der Waals surface area contributed by atoms with E-state index in [0.717, 1.165) is 45.1 Å². The molecular weight excluding hydrogens is 539 g/mol. The van der Waals surface area contributed by atoms with Gasteiger partial charge in [-0.1, -0.05) is 68.0 Å². The van der Waals surface area contributed by atoms with Crippen molar-refractivity contribution in [1.29, 1.82) is 0 Å². The predicted octanol–water partition coefficient (Wildman–Crippen LogP) is 4.26. The lowest BCUT2D eigenvalue weighted by Crippen LogP contribution is -2.57. The number of unbranched alkanes of at least 4 members (excludes halogenated alkanes) is 1. The number of nitrogens with one attached hydrogen (secondary N) is 2. The summed E-state index contributed by atoms with van der Waals surface area (Å²) in [6.07, 6.45) is 10.5. The molecule has 212 valence electrons. The number of hydrogen-bond donors (Lipinski definition) is 2. The number of carbonyl (C=O) groups is 3. The Morgan fingerprint density at radius 3 is 2.51 bits per heavy atom. The number of amides is 3. The summed E-state index contributed by atoms with van der Waals surface area (Å²) in [7, 11) is 2.03. The fourth-order valence-electron chi connectivity index (χ4n) is 6.70. The van der Waals surface area contributed by atoms with E-state index in [0.29, 0.717) is 28.8 Å². The minimum atomic E-state index is -1.17. The lowest BCUT2D eigenvalue weighted by Gasteiger charge is -2.34. The highest BCUT2D eigenvalue weighted by Crippen LogP contribution is 2.55. The Morgan fingerprint density at radius 1 is 1.10 bits per heavy atom. The zero-order chi connectivity index (χ0) is 27.7. The second-order valence-corrected chi connectivity index (χ2v) is 12.3. The molecule has 1 saturated carbocycles. The fourth-order valence-corrected chi connectivity index (χ4v) is 7.23. The minimum absolute atomic E-state index is 0.0973. The van der Waals surface area contributed by atoms with Crippen molar-refractivity contribution < 1.29 is 19.1 Å². The second-order valence-electron chi connectivity index (χ2n) is 11.4. The number of likely N-dealkylation sites (tertiary alicyclic amines) is 1. The highest BCUT2D eigenvalue weighted by atomic mass is 35.5. The fraction of sp³-hybridized carbons (Fsp3) is 0.621. The van der Waals surface area contributed by atoms with Gasteiger partial charge in [-0.15, -0.1) is 0 Å². The molecule has 0 unspecified atom stereocenters. The number of halogens is 2. The van der Waals surface area contributed by atoms with Crippen molar-refractivity contribution in [3.63, 3.8) is 0 Å². The molecule has 39 heavy (non-hydrogen) atoms. The molecule has 3 amide bonds. The number of likely N-dealkylation sites (N-methyl/N-ethyl adjacent to an activating group) is 1. The molecule has 1 aromatic rings. The van der Waals surface area contributed by atoms with Gasteiger partial charge < -0.3 is 25.2 Å². The van der Waals surface area contributed by atoms with Crippen LogP contribution < -0.4 is 10.6 Å². The van der Waals surface area contributed by atoms with Crippen LogP contribution in [0.1, 0.15) is 51.9 Å². The van der Waals surface area contributed by atoms with E-state index in [-0.39, 0.29) is 23.8 Å². The number of hydrogen-bond acceptors (Lipinski definition) is 5. The topological polar surface area (TPSA) is 91.0 Å². The molecule has 2 saturated heterocycles. The van der Waals surface area contributed by atoms with Crippen LogP contribution in [-0.2, 0) is 19.1 Å². The monoisotopic (exact) mass is 576 g/mol. The molecule has 0 radical (unpaired) electrons. The van der Waals surface area contributed by atoms with Crippen LogP contribution in [0.25, 0.3) is 0 Å². The van der Waals surface area contributed by atoms with Crippen molar-refractivity contribution >= 4 is 46.6 Å². The molecule has 0 aromatic heterocycles. The van der Waals surface area contributed by atoms with Gasteiger partial charge in [0.25, 0.3) is 0 Å². The molecule has 3 fully saturated rings. The normalized spacial score (nSPS) is 29.8. The smallest absolute Gasteiger partial charge is 0.246 e. The van der Waals surface area contributed by atoms with Gasteiger partial charge in [0.15, 0.2) is 0 Å². The first-order chi connectivity index (χ1) is 18.7. The third-order valence-electron chi connectivity index (χ3n) is 8.62. The van der Waals surface area contributed by atoms with E-state index < -0.39 is 29.6 Å². The number of benzene rings is 1. The zero-order valence-electron chi connectivity index (χ0n) is 22.6. The van der Waals surface area contributed by atoms with Crippen molar-refractivity contribution in [2.75, 3.05) is 32.0 Å². The molecule has 5 rings (SSSR count). The SMILES string of the molecule is CCCCN(C)CCN1C(=O)[C@@H]2[C@H](C(=O)Nc3cc(Cl)cc(Cl)c3)[C@@H]3C=C[C@@]2(O3)[C@H]1C(=O)NC1CCCCC1. The Hall–Kier alpha value is -2.13. The van der Waals surface area contributed by atoms with E-state index in [4.69, 9.17) is 27.9 Å². The molecule has 2 N–H and O–H groups in total. The first-order valence-corrected chi connectivity index (χ1v) is 14.9. The summed E-state index contributed by atoms with van der Waals surface area (Å²) in [5.41, 5.74) is -0.721. The van der Waals surface area contributed by atoms with Gasteiger partial charge in [0.05, 0.1) is 17.9 Å². The standard InChI is InChI=1S/C29H38Cl2N4O4/c1-3-4-12-34(2)13-14-35-25(27(37)32-20-8-6-5-7-9-20)29-11-10-22(39-29)23(24(29)28(35)38)26(36)33-21-16-18(30)15-19(31)17-21/h10-11,15-17,20,22-25H,3-9,12-14H2,1-2H3,(H,32,37)(H,33,36)/t22-,23+,24-,25+,29-/m0/s1. The largest absolute Gasteiger partial charge is 0.359 e. The number of rotatable bonds is 10. The zero-order valence-corrected chi connectivity index (χ0v) is 24.1. The third-order valence-corrected chi connectivity index (χ3v) is 9.06. The van der Waals surface area contributed by atoms with Crippen LogP contribution >= 0.6 is 23.2 Å². The van der Waals surface area contributed by atoms with Gasteiger partial charge in [-0.2, -0.15) is 0 Å². The molecular formula is C29H38Cl2N4O4. The Balaban J connectivity index is 1.41. The van der Waals surface area contributed by atoms with Gasteiger partial charge in [-0.25, -0.2) is 0 Å². The van der Waals surface area contributed by atoms with E-state index in [1.54, 1.807) is 23.1 Å². The second kappa shape index (κ2) is 11.8. The van der Waals surface area contributed by atoms with E-state index in [9.17, 15) is 14.4 Å². The van der Waals surface area contributed by atoms with Gasteiger partial charge in [0, 0.05) is 34.9 Å². The molecule has 1 spiro atoms. The van der Waals surface area contributed by atoms with E-state index in [2.05, 4.69) is 22.5 Å². The first-order valence-electron chi connectivity index (χ1n) is 14.2. The first kappa shape index (κ1) is 28.4. The van der Waals surface area contributed by atoms with Crippen LogP contribution in [0, 0.1) is 11.8 Å². The number of fused-ring (bicyclic) bond motifs is 1. The maximum Gasteiger partial charge on any atom is 0.246 e. The maximum atomic E-state index is 14.1. The van der Waals surface area contributed by atoms with E-state index in [1.165, 1.54) is 6.42 Å². The van der Waals surface area contributed by atoms with Gasteiger partial charge in [0.2, 0.25) is 17.7 Å². The molecule has 3 heterocycles. The Bertz CT molecular complexity index is 1120. The van der Waals surface area contributed by atoms with Crippen molar-refractivity contribution in [2.45, 2.75) is 75.7 Å². The van der Waals surface area contributed by atoms with Crippen LogP contribution in [0.2, 0.25) is 10.0 Å². The average Bonchev–Trinajstić information content (AvgIpc) is 3.53.